The highest BCUT2D eigenvalue weighted by molar-refractivity contribution is 6.33. The summed E-state index contributed by atoms with van der Waals surface area (Å²) in [4.78, 5) is 7.54. The maximum Gasteiger partial charge on any atom is 0.408 e. The summed E-state index contributed by atoms with van der Waals surface area (Å²) in [6, 6.07) is -0.469. The van der Waals surface area contributed by atoms with Gasteiger partial charge in [-0.15, -0.1) is 0 Å². The van der Waals surface area contributed by atoms with Crippen molar-refractivity contribution in [2.75, 3.05) is 5.32 Å². The van der Waals surface area contributed by atoms with Gasteiger partial charge >= 0.3 is 6.18 Å². The number of nitrogens with zero attached hydrogens (tertiary/aromatic N) is 4. The number of rotatable bonds is 3. The zero-order valence-electron chi connectivity index (χ0n) is 12.7. The molecule has 0 aliphatic rings. The van der Waals surface area contributed by atoms with Crippen molar-refractivity contribution in [3.05, 3.63) is 40.3 Å². The molecule has 1 atom stereocenters. The third-order valence-corrected chi connectivity index (χ3v) is 3.98. The van der Waals surface area contributed by atoms with Crippen molar-refractivity contribution in [2.24, 2.45) is 0 Å². The molecule has 12 heteroatoms. The van der Waals surface area contributed by atoms with E-state index in [2.05, 4.69) is 20.4 Å². The van der Waals surface area contributed by atoms with E-state index in [0.717, 1.165) is 29.9 Å². The second kappa shape index (κ2) is 6.51. The fourth-order valence-electron chi connectivity index (χ4n) is 2.24. The van der Waals surface area contributed by atoms with Crippen LogP contribution in [0.25, 0.3) is 16.9 Å². The number of aromatic nitrogens is 4. The van der Waals surface area contributed by atoms with Crippen LogP contribution in [0.1, 0.15) is 6.92 Å². The van der Waals surface area contributed by atoms with Crippen LogP contribution in [-0.2, 0) is 0 Å². The van der Waals surface area contributed by atoms with E-state index in [4.69, 9.17) is 23.2 Å². The van der Waals surface area contributed by atoms with Crippen molar-refractivity contribution < 1.29 is 22.0 Å². The van der Waals surface area contributed by atoms with E-state index < -0.39 is 46.0 Å². The third-order valence-electron chi connectivity index (χ3n) is 3.48. The Labute approximate surface area is 152 Å². The molecule has 0 bridgehead atoms. The predicted octanol–water partition coefficient (Wildman–Crippen LogP) is 4.74. The van der Waals surface area contributed by atoms with E-state index >= 15 is 0 Å². The van der Waals surface area contributed by atoms with Crippen molar-refractivity contribution in [3.8, 4) is 11.1 Å². The summed E-state index contributed by atoms with van der Waals surface area (Å²) in [6.45, 7) is 0.829. The summed E-state index contributed by atoms with van der Waals surface area (Å²) >= 11 is 11.6. The van der Waals surface area contributed by atoms with Gasteiger partial charge in [0.2, 0.25) is 0 Å². The molecule has 0 spiro atoms. The highest BCUT2D eigenvalue weighted by atomic mass is 35.5. The maximum absolute atomic E-state index is 14.3. The summed E-state index contributed by atoms with van der Waals surface area (Å²) in [5, 5.41) is 5.19. The topological polar surface area (TPSA) is 55.1 Å². The first-order chi connectivity index (χ1) is 12.1. The van der Waals surface area contributed by atoms with Gasteiger partial charge < -0.3 is 5.32 Å². The van der Waals surface area contributed by atoms with E-state index in [-0.39, 0.29) is 10.8 Å². The lowest BCUT2D eigenvalue weighted by Gasteiger charge is -2.21. The minimum absolute atomic E-state index is 0.148. The van der Waals surface area contributed by atoms with Crippen LogP contribution in [0.4, 0.5) is 27.8 Å². The van der Waals surface area contributed by atoms with Gasteiger partial charge in [0.05, 0.1) is 11.1 Å². The minimum atomic E-state index is -4.64. The minimum Gasteiger partial charge on any atom is -0.358 e. The molecule has 0 aliphatic heterocycles. The Kier molecular flexibility index (Phi) is 4.65. The molecular weight excluding hydrogens is 404 g/mol. The van der Waals surface area contributed by atoms with Crippen LogP contribution in [0.2, 0.25) is 10.2 Å². The molecule has 5 nitrogen and oxygen atoms in total. The standard InChI is InChI=1S/C14H8Cl2F5N5/c1-5(14(19,20)21)24-12-10(9-7(17)2-6(15)3-8(9)18)11(16)25-13-22-4-23-26(12)13/h2-5,24H,1H3/t5-/m0/s1. The molecule has 0 saturated heterocycles. The van der Waals surface area contributed by atoms with Crippen LogP contribution in [-0.4, -0.2) is 31.8 Å². The normalized spacial score (nSPS) is 13.2. The van der Waals surface area contributed by atoms with Crippen molar-refractivity contribution in [1.82, 2.24) is 19.6 Å². The molecule has 2 heterocycles. The van der Waals surface area contributed by atoms with E-state index in [1.165, 1.54) is 0 Å². The SMILES string of the molecule is C[C@H](Nc1c(-c2c(F)cc(Cl)cc2F)c(Cl)nc2ncnn12)C(F)(F)F. The van der Waals surface area contributed by atoms with E-state index in [9.17, 15) is 22.0 Å². The van der Waals surface area contributed by atoms with Gasteiger partial charge in [-0.1, -0.05) is 23.2 Å². The summed E-state index contributed by atoms with van der Waals surface area (Å²) in [6.07, 6.45) is -3.63. The highest BCUT2D eigenvalue weighted by Crippen LogP contribution is 2.39. The monoisotopic (exact) mass is 411 g/mol. The molecule has 1 aromatic carbocycles. The predicted molar refractivity (Wildman–Crippen MR) is 85.3 cm³/mol. The molecule has 0 amide bonds. The Morgan fingerprint density at radius 2 is 1.73 bits per heavy atom. The average molecular weight is 412 g/mol. The Hall–Kier alpha value is -2.20. The lowest BCUT2D eigenvalue weighted by atomic mass is 10.1. The molecule has 2 aromatic heterocycles. The van der Waals surface area contributed by atoms with Gasteiger partial charge in [-0.2, -0.15) is 32.8 Å². The number of benzene rings is 1. The second-order valence-electron chi connectivity index (χ2n) is 5.25. The Bertz CT molecular complexity index is 965. The molecule has 0 unspecified atom stereocenters. The fraction of sp³-hybridized carbons (Fsp3) is 0.214. The van der Waals surface area contributed by atoms with Gasteiger partial charge in [-0.05, 0) is 19.1 Å². The number of alkyl halides is 3. The van der Waals surface area contributed by atoms with E-state index in [0.29, 0.717) is 0 Å². The maximum atomic E-state index is 14.3. The van der Waals surface area contributed by atoms with Crippen LogP contribution >= 0.6 is 23.2 Å². The average Bonchev–Trinajstić information content (AvgIpc) is 2.95. The molecule has 1 N–H and O–H groups in total. The lowest BCUT2D eigenvalue weighted by Crippen LogP contribution is -2.34. The van der Waals surface area contributed by atoms with E-state index in [1.807, 2.05) is 0 Å². The molecule has 26 heavy (non-hydrogen) atoms. The molecule has 3 rings (SSSR count). The molecule has 138 valence electrons. The molecule has 0 saturated carbocycles. The van der Waals surface area contributed by atoms with Crippen LogP contribution < -0.4 is 5.32 Å². The van der Waals surface area contributed by atoms with Crippen molar-refractivity contribution in [2.45, 2.75) is 19.1 Å². The van der Waals surface area contributed by atoms with Crippen LogP contribution in [0, 0.1) is 11.6 Å². The smallest absolute Gasteiger partial charge is 0.358 e. The summed E-state index contributed by atoms with van der Waals surface area (Å²) < 4.78 is 68.5. The second-order valence-corrected chi connectivity index (χ2v) is 6.04. The van der Waals surface area contributed by atoms with E-state index in [1.54, 1.807) is 0 Å². The zero-order valence-corrected chi connectivity index (χ0v) is 14.3. The number of anilines is 1. The van der Waals surface area contributed by atoms with Gasteiger partial charge in [0.1, 0.15) is 35.0 Å². The summed E-state index contributed by atoms with van der Waals surface area (Å²) in [7, 11) is 0. The zero-order chi connectivity index (χ0) is 19.2. The quantitative estimate of drug-likeness (QED) is 0.499. The van der Waals surface area contributed by atoms with Gasteiger partial charge in [0.25, 0.3) is 5.78 Å². The Balaban J connectivity index is 2.32. The lowest BCUT2D eigenvalue weighted by molar-refractivity contribution is -0.138. The third kappa shape index (κ3) is 3.26. The number of fused-ring (bicyclic) bond motifs is 1. The molecule has 0 aliphatic carbocycles. The highest BCUT2D eigenvalue weighted by Gasteiger charge is 2.37. The first kappa shape index (κ1) is 18.6. The van der Waals surface area contributed by atoms with Crippen molar-refractivity contribution >= 4 is 34.8 Å². The Morgan fingerprint density at radius 3 is 2.31 bits per heavy atom. The van der Waals surface area contributed by atoms with Crippen molar-refractivity contribution in [3.63, 3.8) is 0 Å². The molecular formula is C14H8Cl2F5N5. The van der Waals surface area contributed by atoms with Gasteiger partial charge in [-0.3, -0.25) is 0 Å². The molecule has 0 radical (unpaired) electrons. The van der Waals surface area contributed by atoms with Gasteiger partial charge in [0, 0.05) is 5.02 Å². The number of hydrogen-bond donors (Lipinski definition) is 1. The summed E-state index contributed by atoms with van der Waals surface area (Å²) in [5.74, 6) is -2.81. The number of hydrogen-bond acceptors (Lipinski definition) is 4. The Morgan fingerprint density at radius 1 is 1.12 bits per heavy atom. The van der Waals surface area contributed by atoms with Crippen LogP contribution in [0.3, 0.4) is 0 Å². The molecule has 3 aromatic rings. The number of nitrogens with one attached hydrogen (secondary N) is 1. The molecule has 0 fully saturated rings. The largest absolute Gasteiger partial charge is 0.408 e. The fourth-order valence-corrected chi connectivity index (χ4v) is 2.69. The first-order valence-corrected chi connectivity index (χ1v) is 7.72. The van der Waals surface area contributed by atoms with Crippen LogP contribution in [0.5, 0.6) is 0 Å². The van der Waals surface area contributed by atoms with Gasteiger partial charge in [-0.25, -0.2) is 8.78 Å². The number of halogens is 7. The van der Waals surface area contributed by atoms with Crippen molar-refractivity contribution in [1.29, 1.82) is 0 Å². The summed E-state index contributed by atoms with van der Waals surface area (Å²) in [5.41, 5.74) is -1.13. The van der Waals surface area contributed by atoms with Crippen LogP contribution in [0.15, 0.2) is 18.5 Å². The van der Waals surface area contributed by atoms with Gasteiger partial charge in [0.15, 0.2) is 0 Å². The first-order valence-electron chi connectivity index (χ1n) is 6.97.